The fourth-order valence-electron chi connectivity index (χ4n) is 2.66. The largest absolute Gasteiger partial charge is 0.385 e. The maximum Gasteiger partial charge on any atom is 0.243 e. The molecule has 1 N–H and O–H groups in total. The molecule has 0 saturated carbocycles. The molecule has 1 aliphatic heterocycles. The van der Waals surface area contributed by atoms with Gasteiger partial charge in [-0.1, -0.05) is 19.9 Å². The summed E-state index contributed by atoms with van der Waals surface area (Å²) in [4.78, 5) is 0.396. The molecular formula is C15H24N2O2S. The second-order valence-corrected chi connectivity index (χ2v) is 7.21. The average molecular weight is 296 g/mol. The van der Waals surface area contributed by atoms with Gasteiger partial charge in [0.2, 0.25) is 10.0 Å². The molecule has 4 nitrogen and oxygen atoms in total. The molecule has 0 fully saturated rings. The van der Waals surface area contributed by atoms with Gasteiger partial charge in [-0.05, 0) is 43.9 Å². The number of nitrogens with zero attached hydrogens (tertiary/aromatic N) is 1. The number of anilines is 1. The summed E-state index contributed by atoms with van der Waals surface area (Å²) in [5, 5.41) is 3.29. The van der Waals surface area contributed by atoms with E-state index in [0.29, 0.717) is 11.4 Å². The van der Waals surface area contributed by atoms with Gasteiger partial charge in [0.25, 0.3) is 0 Å². The Morgan fingerprint density at radius 3 is 2.75 bits per heavy atom. The summed E-state index contributed by atoms with van der Waals surface area (Å²) in [7, 11) is -3.40. The van der Waals surface area contributed by atoms with Crippen molar-refractivity contribution in [3.63, 3.8) is 0 Å². The molecule has 1 unspecified atom stereocenters. The molecule has 1 heterocycles. The lowest BCUT2D eigenvalue weighted by Gasteiger charge is -2.27. The predicted octanol–water partition coefficient (Wildman–Crippen LogP) is 2.85. The Hall–Kier alpha value is -1.07. The first kappa shape index (κ1) is 15.3. The van der Waals surface area contributed by atoms with Crippen LogP contribution in [0.2, 0.25) is 0 Å². The highest BCUT2D eigenvalue weighted by Crippen LogP contribution is 2.27. The molecular weight excluding hydrogens is 272 g/mol. The van der Waals surface area contributed by atoms with Crippen LogP contribution in [0.4, 0.5) is 5.69 Å². The minimum Gasteiger partial charge on any atom is -0.385 e. The van der Waals surface area contributed by atoms with Gasteiger partial charge in [0.15, 0.2) is 0 Å². The average Bonchev–Trinajstić information content (AvgIpc) is 2.46. The van der Waals surface area contributed by atoms with Crippen molar-refractivity contribution in [3.05, 3.63) is 23.8 Å². The highest BCUT2D eigenvalue weighted by atomic mass is 32.2. The lowest BCUT2D eigenvalue weighted by molar-refractivity contribution is 0.342. The number of benzene rings is 1. The van der Waals surface area contributed by atoms with Gasteiger partial charge in [-0.2, -0.15) is 4.31 Å². The second-order valence-electron chi connectivity index (χ2n) is 5.31. The van der Waals surface area contributed by atoms with E-state index in [0.717, 1.165) is 31.5 Å². The Morgan fingerprint density at radius 1 is 1.35 bits per heavy atom. The summed E-state index contributed by atoms with van der Waals surface area (Å²) in [6, 6.07) is 5.49. The second kappa shape index (κ2) is 6.14. The van der Waals surface area contributed by atoms with Gasteiger partial charge in [-0.25, -0.2) is 8.42 Å². The molecule has 1 atom stereocenters. The molecule has 1 aromatic rings. The lowest BCUT2D eigenvalue weighted by Crippen LogP contribution is -2.38. The zero-order valence-corrected chi connectivity index (χ0v) is 13.3. The summed E-state index contributed by atoms with van der Waals surface area (Å²) >= 11 is 0. The number of nitrogens with one attached hydrogen (secondary N) is 1. The zero-order valence-electron chi connectivity index (χ0n) is 12.5. The van der Waals surface area contributed by atoms with E-state index < -0.39 is 10.0 Å². The lowest BCUT2D eigenvalue weighted by atomic mass is 10.0. The molecule has 0 spiro atoms. The number of sulfonamides is 1. The molecule has 5 heteroatoms. The minimum atomic E-state index is -3.40. The van der Waals surface area contributed by atoms with Crippen LogP contribution in [0.15, 0.2) is 23.1 Å². The number of aryl methyl sites for hydroxylation is 1. The van der Waals surface area contributed by atoms with Crippen LogP contribution < -0.4 is 5.32 Å². The van der Waals surface area contributed by atoms with Crippen LogP contribution in [0.25, 0.3) is 0 Å². The van der Waals surface area contributed by atoms with Gasteiger partial charge < -0.3 is 5.32 Å². The molecule has 112 valence electrons. The third-order valence-electron chi connectivity index (χ3n) is 4.02. The molecule has 1 aromatic carbocycles. The molecule has 2 rings (SSSR count). The van der Waals surface area contributed by atoms with E-state index in [9.17, 15) is 8.42 Å². The van der Waals surface area contributed by atoms with Crippen LogP contribution in [0.1, 0.15) is 39.2 Å². The maximum atomic E-state index is 12.7. The van der Waals surface area contributed by atoms with Crippen molar-refractivity contribution in [1.82, 2.24) is 4.31 Å². The third-order valence-corrected chi connectivity index (χ3v) is 6.11. The fourth-order valence-corrected chi connectivity index (χ4v) is 4.40. The summed E-state index contributed by atoms with van der Waals surface area (Å²) in [6.07, 6.45) is 2.94. The number of hydrogen-bond acceptors (Lipinski definition) is 3. The van der Waals surface area contributed by atoms with Crippen molar-refractivity contribution < 1.29 is 8.42 Å². The van der Waals surface area contributed by atoms with Crippen molar-refractivity contribution in [3.8, 4) is 0 Å². The third kappa shape index (κ3) is 2.83. The van der Waals surface area contributed by atoms with E-state index in [1.54, 1.807) is 16.4 Å². The molecule has 0 aliphatic carbocycles. The number of rotatable bonds is 5. The standard InChI is InChI=1S/C15H24N2O2S/c1-4-12(3)17(5-2)20(18,19)14-9-8-13-7-6-10-16-15(13)11-14/h8-9,11-12,16H,4-7,10H2,1-3H3. The van der Waals surface area contributed by atoms with Gasteiger partial charge in [0, 0.05) is 24.8 Å². The van der Waals surface area contributed by atoms with Crippen molar-refractivity contribution in [2.45, 2.75) is 51.0 Å². The first-order valence-electron chi connectivity index (χ1n) is 7.39. The van der Waals surface area contributed by atoms with Crippen molar-refractivity contribution in [1.29, 1.82) is 0 Å². The Morgan fingerprint density at radius 2 is 2.10 bits per heavy atom. The Balaban J connectivity index is 2.38. The molecule has 0 bridgehead atoms. The van der Waals surface area contributed by atoms with Gasteiger partial charge in [-0.15, -0.1) is 0 Å². The van der Waals surface area contributed by atoms with Gasteiger partial charge in [-0.3, -0.25) is 0 Å². The quantitative estimate of drug-likeness (QED) is 0.909. The first-order chi connectivity index (χ1) is 9.50. The summed E-state index contributed by atoms with van der Waals surface area (Å²) < 4.78 is 27.1. The summed E-state index contributed by atoms with van der Waals surface area (Å²) in [6.45, 7) is 7.27. The molecule has 1 aliphatic rings. The zero-order chi connectivity index (χ0) is 14.8. The maximum absolute atomic E-state index is 12.7. The van der Waals surface area contributed by atoms with Gasteiger partial charge in [0.05, 0.1) is 4.90 Å². The highest BCUT2D eigenvalue weighted by molar-refractivity contribution is 7.89. The summed E-state index contributed by atoms with van der Waals surface area (Å²) in [5.41, 5.74) is 2.18. The van der Waals surface area contributed by atoms with Crippen LogP contribution in [0.5, 0.6) is 0 Å². The Kier molecular flexibility index (Phi) is 4.70. The van der Waals surface area contributed by atoms with E-state index in [-0.39, 0.29) is 6.04 Å². The van der Waals surface area contributed by atoms with E-state index in [1.807, 2.05) is 26.8 Å². The van der Waals surface area contributed by atoms with Crippen LogP contribution in [0.3, 0.4) is 0 Å². The van der Waals surface area contributed by atoms with E-state index in [1.165, 1.54) is 5.56 Å². The molecule has 20 heavy (non-hydrogen) atoms. The SMILES string of the molecule is CCC(C)N(CC)S(=O)(=O)c1ccc2c(c1)NCCC2. The number of fused-ring (bicyclic) bond motifs is 1. The Labute approximate surface area is 122 Å². The van der Waals surface area contributed by atoms with E-state index >= 15 is 0 Å². The fraction of sp³-hybridized carbons (Fsp3) is 0.600. The highest BCUT2D eigenvalue weighted by Gasteiger charge is 2.27. The van der Waals surface area contributed by atoms with Crippen molar-refractivity contribution in [2.24, 2.45) is 0 Å². The normalized spacial score (nSPS) is 16.6. The van der Waals surface area contributed by atoms with Crippen molar-refractivity contribution >= 4 is 15.7 Å². The van der Waals surface area contributed by atoms with Gasteiger partial charge >= 0.3 is 0 Å². The van der Waals surface area contributed by atoms with Crippen LogP contribution in [0, 0.1) is 0 Å². The predicted molar refractivity (Wildman–Crippen MR) is 82.6 cm³/mol. The molecule has 0 amide bonds. The monoisotopic (exact) mass is 296 g/mol. The van der Waals surface area contributed by atoms with Crippen LogP contribution in [-0.2, 0) is 16.4 Å². The molecule has 0 saturated heterocycles. The van der Waals surface area contributed by atoms with Gasteiger partial charge in [0.1, 0.15) is 0 Å². The topological polar surface area (TPSA) is 49.4 Å². The summed E-state index contributed by atoms with van der Waals surface area (Å²) in [5.74, 6) is 0. The van der Waals surface area contributed by atoms with E-state index in [2.05, 4.69) is 5.32 Å². The number of hydrogen-bond donors (Lipinski definition) is 1. The van der Waals surface area contributed by atoms with Crippen LogP contribution in [-0.4, -0.2) is 31.9 Å². The smallest absolute Gasteiger partial charge is 0.243 e. The van der Waals surface area contributed by atoms with Crippen molar-refractivity contribution in [2.75, 3.05) is 18.4 Å². The molecule has 0 aromatic heterocycles. The van der Waals surface area contributed by atoms with E-state index in [4.69, 9.17) is 0 Å². The first-order valence-corrected chi connectivity index (χ1v) is 8.83. The minimum absolute atomic E-state index is 0.0222. The van der Waals surface area contributed by atoms with Crippen LogP contribution >= 0.6 is 0 Å². The Bertz CT molecular complexity index is 569. The molecule has 0 radical (unpaired) electrons.